The van der Waals surface area contributed by atoms with Crippen molar-refractivity contribution in [1.29, 1.82) is 0 Å². The van der Waals surface area contributed by atoms with Crippen LogP contribution >= 0.6 is 0 Å². The molecule has 0 amide bonds. The smallest absolute Gasteiger partial charge is 0.179 e. The Morgan fingerprint density at radius 2 is 2.44 bits per heavy atom. The van der Waals surface area contributed by atoms with Crippen LogP contribution in [0.4, 0.5) is 0 Å². The Hall–Kier alpha value is -1.20. The van der Waals surface area contributed by atoms with E-state index in [1.165, 1.54) is 0 Å². The van der Waals surface area contributed by atoms with Crippen molar-refractivity contribution in [3.63, 3.8) is 0 Å². The topological polar surface area (TPSA) is 56.2 Å². The van der Waals surface area contributed by atoms with Crippen molar-refractivity contribution in [2.75, 3.05) is 26.8 Å². The summed E-state index contributed by atoms with van der Waals surface area (Å²) in [4.78, 5) is 11.7. The lowest BCUT2D eigenvalue weighted by atomic mass is 10.2. The number of Topliss-reactive ketones (excluding diaryl/α,β-unsaturated/α-hetero) is 1. The van der Waals surface area contributed by atoms with Crippen molar-refractivity contribution in [3.05, 3.63) is 18.0 Å². The highest BCUT2D eigenvalue weighted by molar-refractivity contribution is 5.97. The summed E-state index contributed by atoms with van der Waals surface area (Å²) in [5.74, 6) is 0.0680. The Labute approximate surface area is 95.8 Å². The number of hydrogen-bond donors (Lipinski definition) is 1. The summed E-state index contributed by atoms with van der Waals surface area (Å²) in [5, 5.41) is 7.13. The van der Waals surface area contributed by atoms with Gasteiger partial charge in [-0.05, 0) is 6.42 Å². The molecule has 16 heavy (non-hydrogen) atoms. The minimum Gasteiger partial charge on any atom is -0.383 e. The normalized spacial score (nSPS) is 10.6. The number of nitrogens with one attached hydrogen (secondary N) is 1. The molecular formula is C11H19N3O2. The van der Waals surface area contributed by atoms with Gasteiger partial charge in [0.25, 0.3) is 0 Å². The molecule has 0 radical (unpaired) electrons. The van der Waals surface area contributed by atoms with E-state index in [-0.39, 0.29) is 5.78 Å². The van der Waals surface area contributed by atoms with Gasteiger partial charge in [-0.25, -0.2) is 0 Å². The number of carbonyl (C=O) groups excluding carboxylic acids is 1. The van der Waals surface area contributed by atoms with Gasteiger partial charge in [0, 0.05) is 26.4 Å². The number of ketones is 1. The highest BCUT2D eigenvalue weighted by Crippen LogP contribution is 1.99. The molecular weight excluding hydrogens is 206 g/mol. The van der Waals surface area contributed by atoms with Crippen molar-refractivity contribution in [1.82, 2.24) is 15.1 Å². The zero-order valence-electron chi connectivity index (χ0n) is 9.90. The molecule has 0 aromatic carbocycles. The fraction of sp³-hybridized carbons (Fsp3) is 0.636. The number of nitrogens with zero attached hydrogens (tertiary/aromatic N) is 2. The molecule has 0 aliphatic heterocycles. The molecule has 1 heterocycles. The molecule has 1 N–H and O–H groups in total. The SMILES string of the molecule is CCCn1cc(C(=O)CNCCOC)cn1. The Balaban J connectivity index is 2.34. The first-order valence-corrected chi connectivity index (χ1v) is 5.53. The van der Waals surface area contributed by atoms with Gasteiger partial charge < -0.3 is 10.1 Å². The average Bonchev–Trinajstić information content (AvgIpc) is 2.73. The molecule has 90 valence electrons. The summed E-state index contributed by atoms with van der Waals surface area (Å²) < 4.78 is 6.67. The molecule has 0 aliphatic rings. The van der Waals surface area contributed by atoms with E-state index in [1.807, 2.05) is 0 Å². The summed E-state index contributed by atoms with van der Waals surface area (Å²) in [6, 6.07) is 0. The first-order valence-electron chi connectivity index (χ1n) is 5.53. The molecule has 1 aromatic heterocycles. The van der Waals surface area contributed by atoms with Crippen LogP contribution in [0, 0.1) is 0 Å². The molecule has 5 heteroatoms. The average molecular weight is 225 g/mol. The van der Waals surface area contributed by atoms with Gasteiger partial charge in [0.2, 0.25) is 0 Å². The van der Waals surface area contributed by atoms with E-state index >= 15 is 0 Å². The molecule has 1 aromatic rings. The number of ether oxygens (including phenoxy) is 1. The fourth-order valence-electron chi connectivity index (χ4n) is 1.34. The number of aryl methyl sites for hydroxylation is 1. The van der Waals surface area contributed by atoms with Crippen LogP contribution in [0.3, 0.4) is 0 Å². The molecule has 0 saturated carbocycles. The van der Waals surface area contributed by atoms with E-state index in [9.17, 15) is 4.79 Å². The zero-order chi connectivity index (χ0) is 11.8. The second kappa shape index (κ2) is 7.14. The van der Waals surface area contributed by atoms with E-state index < -0.39 is 0 Å². The molecule has 0 atom stereocenters. The first-order chi connectivity index (χ1) is 7.77. The van der Waals surface area contributed by atoms with Crippen LogP contribution in [0.2, 0.25) is 0 Å². The quantitative estimate of drug-likeness (QED) is 0.523. The van der Waals surface area contributed by atoms with Gasteiger partial charge in [-0.3, -0.25) is 9.48 Å². The molecule has 5 nitrogen and oxygen atoms in total. The van der Waals surface area contributed by atoms with Gasteiger partial charge in [-0.2, -0.15) is 5.10 Å². The highest BCUT2D eigenvalue weighted by Gasteiger charge is 2.07. The summed E-state index contributed by atoms with van der Waals surface area (Å²) in [7, 11) is 1.64. The molecule has 0 aliphatic carbocycles. The number of carbonyl (C=O) groups is 1. The Kier molecular flexibility index (Phi) is 5.74. The fourth-order valence-corrected chi connectivity index (χ4v) is 1.34. The monoisotopic (exact) mass is 225 g/mol. The number of rotatable bonds is 8. The van der Waals surface area contributed by atoms with Crippen LogP contribution in [-0.2, 0) is 11.3 Å². The maximum Gasteiger partial charge on any atom is 0.179 e. The molecule has 1 rings (SSSR count). The third kappa shape index (κ3) is 4.12. The Bertz CT molecular complexity index is 323. The van der Waals surface area contributed by atoms with Crippen LogP contribution in [0.5, 0.6) is 0 Å². The summed E-state index contributed by atoms with van der Waals surface area (Å²) in [5.41, 5.74) is 0.665. The van der Waals surface area contributed by atoms with Crippen molar-refractivity contribution < 1.29 is 9.53 Å². The van der Waals surface area contributed by atoms with Gasteiger partial charge in [0.1, 0.15) is 0 Å². The van der Waals surface area contributed by atoms with E-state index in [0.717, 1.165) is 13.0 Å². The molecule has 0 unspecified atom stereocenters. The zero-order valence-corrected chi connectivity index (χ0v) is 9.90. The standard InChI is InChI=1S/C11H19N3O2/c1-3-5-14-9-10(7-13-14)11(15)8-12-4-6-16-2/h7,9,12H,3-6,8H2,1-2H3. The van der Waals surface area contributed by atoms with Gasteiger partial charge in [0.05, 0.1) is 24.9 Å². The lowest BCUT2D eigenvalue weighted by Gasteiger charge is -2.01. The van der Waals surface area contributed by atoms with Crippen molar-refractivity contribution >= 4 is 5.78 Å². The number of aromatic nitrogens is 2. The van der Waals surface area contributed by atoms with E-state index in [4.69, 9.17) is 4.74 Å². The molecule has 0 fully saturated rings. The van der Waals surface area contributed by atoms with Gasteiger partial charge in [-0.15, -0.1) is 0 Å². The lowest BCUT2D eigenvalue weighted by molar-refractivity contribution is 0.0987. The van der Waals surface area contributed by atoms with E-state index in [1.54, 1.807) is 24.2 Å². The van der Waals surface area contributed by atoms with E-state index in [2.05, 4.69) is 17.3 Å². The van der Waals surface area contributed by atoms with Gasteiger partial charge >= 0.3 is 0 Å². The summed E-state index contributed by atoms with van der Waals surface area (Å²) in [6.07, 6.45) is 4.43. The third-order valence-corrected chi connectivity index (χ3v) is 2.18. The lowest BCUT2D eigenvalue weighted by Crippen LogP contribution is -2.26. The van der Waals surface area contributed by atoms with E-state index in [0.29, 0.717) is 25.3 Å². The van der Waals surface area contributed by atoms with Gasteiger partial charge in [-0.1, -0.05) is 6.92 Å². The molecule has 0 saturated heterocycles. The maximum atomic E-state index is 11.7. The van der Waals surface area contributed by atoms with Crippen LogP contribution < -0.4 is 5.32 Å². The summed E-state index contributed by atoms with van der Waals surface area (Å²) in [6.45, 7) is 4.56. The van der Waals surface area contributed by atoms with Crippen LogP contribution in [0.25, 0.3) is 0 Å². The molecule has 0 spiro atoms. The second-order valence-electron chi connectivity index (χ2n) is 3.58. The minimum atomic E-state index is 0.0680. The van der Waals surface area contributed by atoms with Crippen LogP contribution in [-0.4, -0.2) is 42.4 Å². The minimum absolute atomic E-state index is 0.0680. The number of methoxy groups -OCH3 is 1. The predicted molar refractivity (Wildman–Crippen MR) is 61.6 cm³/mol. The molecule has 0 bridgehead atoms. The Morgan fingerprint density at radius 1 is 1.62 bits per heavy atom. The Morgan fingerprint density at radius 3 is 3.12 bits per heavy atom. The predicted octanol–water partition coefficient (Wildman–Crippen LogP) is 0.712. The van der Waals surface area contributed by atoms with Crippen LogP contribution in [0.15, 0.2) is 12.4 Å². The third-order valence-electron chi connectivity index (χ3n) is 2.18. The maximum absolute atomic E-state index is 11.7. The second-order valence-corrected chi connectivity index (χ2v) is 3.58. The van der Waals surface area contributed by atoms with Gasteiger partial charge in [0.15, 0.2) is 5.78 Å². The summed E-state index contributed by atoms with van der Waals surface area (Å²) >= 11 is 0. The first kappa shape index (κ1) is 12.9. The van der Waals surface area contributed by atoms with Crippen molar-refractivity contribution in [2.45, 2.75) is 19.9 Å². The van der Waals surface area contributed by atoms with Crippen molar-refractivity contribution in [3.8, 4) is 0 Å². The highest BCUT2D eigenvalue weighted by atomic mass is 16.5. The van der Waals surface area contributed by atoms with Crippen molar-refractivity contribution in [2.24, 2.45) is 0 Å². The largest absolute Gasteiger partial charge is 0.383 e. The van der Waals surface area contributed by atoms with Crippen LogP contribution in [0.1, 0.15) is 23.7 Å². The number of hydrogen-bond acceptors (Lipinski definition) is 4.